The van der Waals surface area contributed by atoms with E-state index in [1.165, 1.54) is 18.2 Å². The molecular formula is C16H9F3O2. The molecule has 3 aromatic rings. The molecule has 0 fully saturated rings. The molecule has 3 rings (SSSR count). The fourth-order valence-corrected chi connectivity index (χ4v) is 2.20. The molecule has 106 valence electrons. The number of hydrogen-bond donors (Lipinski definition) is 2. The zero-order chi connectivity index (χ0) is 15.1. The van der Waals surface area contributed by atoms with E-state index in [4.69, 9.17) is 5.11 Å². The molecule has 0 bridgehead atoms. The first-order valence-electron chi connectivity index (χ1n) is 6.07. The van der Waals surface area contributed by atoms with Gasteiger partial charge in [-0.1, -0.05) is 18.2 Å². The summed E-state index contributed by atoms with van der Waals surface area (Å²) in [6.45, 7) is 0. The Hall–Kier alpha value is -2.69. The Labute approximate surface area is 117 Å². The molecule has 0 saturated heterocycles. The Bertz CT molecular complexity index is 860. The maximum absolute atomic E-state index is 13.9. The molecule has 0 aliphatic rings. The molecule has 0 spiro atoms. The van der Waals surface area contributed by atoms with Gasteiger partial charge in [-0.2, -0.15) is 4.39 Å². The van der Waals surface area contributed by atoms with E-state index in [0.29, 0.717) is 10.8 Å². The lowest BCUT2D eigenvalue weighted by Crippen LogP contribution is -1.94. The fraction of sp³-hybridized carbons (Fsp3) is 0. The van der Waals surface area contributed by atoms with E-state index in [-0.39, 0.29) is 16.9 Å². The molecule has 0 atom stereocenters. The van der Waals surface area contributed by atoms with Gasteiger partial charge in [-0.15, -0.1) is 0 Å². The van der Waals surface area contributed by atoms with E-state index >= 15 is 0 Å². The maximum atomic E-state index is 13.9. The summed E-state index contributed by atoms with van der Waals surface area (Å²) in [5.74, 6) is -5.40. The second-order valence-corrected chi connectivity index (χ2v) is 4.63. The van der Waals surface area contributed by atoms with Gasteiger partial charge in [0.15, 0.2) is 17.4 Å². The van der Waals surface area contributed by atoms with Crippen LogP contribution < -0.4 is 0 Å². The molecule has 0 aliphatic heterocycles. The minimum absolute atomic E-state index is 0.0863. The van der Waals surface area contributed by atoms with E-state index in [1.54, 1.807) is 18.2 Å². The zero-order valence-electron chi connectivity index (χ0n) is 10.6. The van der Waals surface area contributed by atoms with Crippen LogP contribution in [0.5, 0.6) is 11.5 Å². The molecular weight excluding hydrogens is 281 g/mol. The van der Waals surface area contributed by atoms with Crippen LogP contribution in [0, 0.1) is 17.5 Å². The van der Waals surface area contributed by atoms with E-state index < -0.39 is 23.2 Å². The normalized spacial score (nSPS) is 11.0. The van der Waals surface area contributed by atoms with Crippen molar-refractivity contribution in [1.29, 1.82) is 0 Å². The van der Waals surface area contributed by atoms with Crippen molar-refractivity contribution in [3.8, 4) is 22.6 Å². The first-order chi connectivity index (χ1) is 9.97. The molecule has 0 heterocycles. The number of hydrogen-bond acceptors (Lipinski definition) is 2. The Kier molecular flexibility index (Phi) is 2.97. The maximum Gasteiger partial charge on any atom is 0.204 e. The van der Waals surface area contributed by atoms with Crippen molar-refractivity contribution >= 4 is 10.8 Å². The van der Waals surface area contributed by atoms with Crippen LogP contribution in [0.25, 0.3) is 21.9 Å². The lowest BCUT2D eigenvalue weighted by molar-refractivity contribution is 0.377. The van der Waals surface area contributed by atoms with E-state index in [1.807, 2.05) is 0 Å². The van der Waals surface area contributed by atoms with E-state index in [0.717, 1.165) is 6.07 Å². The van der Waals surface area contributed by atoms with Crippen molar-refractivity contribution in [2.75, 3.05) is 0 Å². The highest BCUT2D eigenvalue weighted by Crippen LogP contribution is 2.33. The molecule has 0 aliphatic carbocycles. The summed E-state index contributed by atoms with van der Waals surface area (Å²) < 4.78 is 40.6. The van der Waals surface area contributed by atoms with Crippen LogP contribution in [-0.4, -0.2) is 10.2 Å². The minimum Gasteiger partial charge on any atom is -0.508 e. The van der Waals surface area contributed by atoms with Gasteiger partial charge < -0.3 is 10.2 Å². The van der Waals surface area contributed by atoms with Crippen LogP contribution in [0.15, 0.2) is 42.5 Å². The van der Waals surface area contributed by atoms with Crippen molar-refractivity contribution in [3.63, 3.8) is 0 Å². The number of phenolic OH excluding ortho intramolecular Hbond substituents is 2. The van der Waals surface area contributed by atoms with Gasteiger partial charge in [-0.05, 0) is 40.6 Å². The van der Waals surface area contributed by atoms with Crippen molar-refractivity contribution in [2.45, 2.75) is 0 Å². The average molecular weight is 290 g/mol. The Morgan fingerprint density at radius 3 is 2.14 bits per heavy atom. The van der Waals surface area contributed by atoms with Gasteiger partial charge in [-0.25, -0.2) is 8.78 Å². The predicted molar refractivity (Wildman–Crippen MR) is 72.6 cm³/mol. The highest BCUT2D eigenvalue weighted by atomic mass is 19.2. The predicted octanol–water partition coefficient (Wildman–Crippen LogP) is 4.34. The lowest BCUT2D eigenvalue weighted by atomic mass is 10.00. The first kappa shape index (κ1) is 13.3. The molecule has 0 unspecified atom stereocenters. The van der Waals surface area contributed by atoms with Gasteiger partial charge in [0.1, 0.15) is 5.75 Å². The van der Waals surface area contributed by atoms with Crippen molar-refractivity contribution in [1.82, 2.24) is 0 Å². The Morgan fingerprint density at radius 1 is 0.714 bits per heavy atom. The molecule has 0 amide bonds. The summed E-state index contributed by atoms with van der Waals surface area (Å²) >= 11 is 0. The molecule has 3 aromatic carbocycles. The number of benzene rings is 3. The topological polar surface area (TPSA) is 40.5 Å². The number of halogens is 3. The second-order valence-electron chi connectivity index (χ2n) is 4.63. The first-order valence-corrected chi connectivity index (χ1v) is 6.07. The van der Waals surface area contributed by atoms with Crippen molar-refractivity contribution in [2.24, 2.45) is 0 Å². The van der Waals surface area contributed by atoms with Crippen LogP contribution in [0.4, 0.5) is 13.2 Å². The summed E-state index contributed by atoms with van der Waals surface area (Å²) in [4.78, 5) is 0. The summed E-state index contributed by atoms with van der Waals surface area (Å²) in [5.41, 5.74) is -0.0127. The average Bonchev–Trinajstić information content (AvgIpc) is 2.48. The summed E-state index contributed by atoms with van der Waals surface area (Å²) in [6, 6.07) is 9.97. The summed E-state index contributed by atoms with van der Waals surface area (Å²) in [5, 5.41) is 19.8. The van der Waals surface area contributed by atoms with Gasteiger partial charge >= 0.3 is 0 Å². The van der Waals surface area contributed by atoms with Gasteiger partial charge in [-0.3, -0.25) is 0 Å². The number of aromatic hydroxyl groups is 2. The molecule has 2 nitrogen and oxygen atoms in total. The van der Waals surface area contributed by atoms with Crippen LogP contribution in [0.2, 0.25) is 0 Å². The van der Waals surface area contributed by atoms with Gasteiger partial charge in [0, 0.05) is 5.56 Å². The quantitative estimate of drug-likeness (QED) is 0.655. The van der Waals surface area contributed by atoms with E-state index in [2.05, 4.69) is 0 Å². The van der Waals surface area contributed by atoms with Crippen LogP contribution in [-0.2, 0) is 0 Å². The highest BCUT2D eigenvalue weighted by Gasteiger charge is 2.19. The molecule has 5 heteroatoms. The molecule has 2 N–H and O–H groups in total. The second kappa shape index (κ2) is 4.70. The van der Waals surface area contributed by atoms with Crippen LogP contribution in [0.1, 0.15) is 0 Å². The molecule has 0 saturated carbocycles. The summed E-state index contributed by atoms with van der Waals surface area (Å²) in [7, 11) is 0. The third kappa shape index (κ3) is 2.16. The molecule has 0 aromatic heterocycles. The number of fused-ring (bicyclic) bond motifs is 1. The third-order valence-electron chi connectivity index (χ3n) is 3.27. The Morgan fingerprint density at radius 2 is 1.38 bits per heavy atom. The van der Waals surface area contributed by atoms with Gasteiger partial charge in [0.05, 0.1) is 0 Å². The lowest BCUT2D eigenvalue weighted by Gasteiger charge is -2.08. The smallest absolute Gasteiger partial charge is 0.204 e. The van der Waals surface area contributed by atoms with Crippen LogP contribution in [0.3, 0.4) is 0 Å². The SMILES string of the molecule is Oc1ccc2cc(-c3cc(F)c(O)c(F)c3F)ccc2c1. The number of rotatable bonds is 1. The van der Waals surface area contributed by atoms with E-state index in [9.17, 15) is 18.3 Å². The largest absolute Gasteiger partial charge is 0.508 e. The fourth-order valence-electron chi connectivity index (χ4n) is 2.20. The van der Waals surface area contributed by atoms with Gasteiger partial charge in [0.2, 0.25) is 5.82 Å². The highest BCUT2D eigenvalue weighted by molar-refractivity contribution is 5.88. The minimum atomic E-state index is -1.61. The molecule has 21 heavy (non-hydrogen) atoms. The third-order valence-corrected chi connectivity index (χ3v) is 3.27. The van der Waals surface area contributed by atoms with Crippen LogP contribution >= 0.6 is 0 Å². The van der Waals surface area contributed by atoms with Gasteiger partial charge in [0.25, 0.3) is 0 Å². The number of phenols is 2. The molecule has 0 radical (unpaired) electrons. The van der Waals surface area contributed by atoms with Crippen molar-refractivity contribution in [3.05, 3.63) is 59.9 Å². The summed E-state index contributed by atoms with van der Waals surface area (Å²) in [6.07, 6.45) is 0. The monoisotopic (exact) mass is 290 g/mol. The van der Waals surface area contributed by atoms with Crippen molar-refractivity contribution < 1.29 is 23.4 Å². The Balaban J connectivity index is 2.23. The standard InChI is InChI=1S/C16H9F3O2/c17-13-7-12(14(18)15(19)16(13)21)10-2-1-9-6-11(20)4-3-8(9)5-10/h1-7,20-21H. The zero-order valence-corrected chi connectivity index (χ0v) is 10.6.